The average Bonchev–Trinajstić information content (AvgIpc) is 3.01. The van der Waals surface area contributed by atoms with Gasteiger partial charge in [-0.3, -0.25) is 9.79 Å². The van der Waals surface area contributed by atoms with Gasteiger partial charge in [-0.2, -0.15) is 0 Å². The second kappa shape index (κ2) is 21.4. The van der Waals surface area contributed by atoms with Gasteiger partial charge in [0.2, 0.25) is 5.91 Å². The first-order valence-electron chi connectivity index (χ1n) is 16.7. The lowest BCUT2D eigenvalue weighted by Crippen LogP contribution is -2.40. The van der Waals surface area contributed by atoms with E-state index in [0.717, 1.165) is 16.8 Å². The van der Waals surface area contributed by atoms with E-state index in [4.69, 9.17) is 16.3 Å². The Bertz CT molecular complexity index is 1410. The van der Waals surface area contributed by atoms with Crippen molar-refractivity contribution < 1.29 is 14.6 Å². The fourth-order valence-electron chi connectivity index (χ4n) is 4.32. The Hall–Kier alpha value is -3.61. The molecule has 7 heteroatoms. The summed E-state index contributed by atoms with van der Waals surface area (Å²) in [6, 6.07) is 13.3. The van der Waals surface area contributed by atoms with Crippen LogP contribution in [-0.4, -0.2) is 42.0 Å². The normalized spacial score (nSPS) is 13.5. The van der Waals surface area contributed by atoms with Crippen LogP contribution in [0.4, 0.5) is 0 Å². The van der Waals surface area contributed by atoms with Gasteiger partial charge in [-0.25, -0.2) is 0 Å². The van der Waals surface area contributed by atoms with Gasteiger partial charge in [-0.1, -0.05) is 117 Å². The molecule has 2 aromatic carbocycles. The Morgan fingerprint density at radius 3 is 2.10 bits per heavy atom. The van der Waals surface area contributed by atoms with Crippen molar-refractivity contribution in [2.45, 2.75) is 108 Å². The molecule has 0 spiro atoms. The van der Waals surface area contributed by atoms with Gasteiger partial charge in [0.25, 0.3) is 0 Å². The molecule has 0 heterocycles. The number of benzene rings is 2. The van der Waals surface area contributed by atoms with Gasteiger partial charge in [0.1, 0.15) is 18.5 Å². The minimum Gasteiger partial charge on any atom is -0.491 e. The molecule has 0 aliphatic carbocycles. The largest absolute Gasteiger partial charge is 0.491 e. The quantitative estimate of drug-likeness (QED) is 0.118. The monoisotopic (exact) mass is 679 g/mol. The zero-order valence-corrected chi connectivity index (χ0v) is 32.6. The first kappa shape index (κ1) is 44.4. The van der Waals surface area contributed by atoms with Crippen molar-refractivity contribution in [3.05, 3.63) is 113 Å². The third-order valence-electron chi connectivity index (χ3n) is 7.27. The summed E-state index contributed by atoms with van der Waals surface area (Å²) < 4.78 is 5.62. The number of carbonyl (C=O) groups excluding carboxylic acids is 1. The molecule has 0 bridgehead atoms. The Kier molecular flexibility index (Phi) is 19.8. The molecule has 0 fully saturated rings. The summed E-state index contributed by atoms with van der Waals surface area (Å²) in [6.07, 6.45) is 4.73. The van der Waals surface area contributed by atoms with Crippen molar-refractivity contribution in [2.24, 2.45) is 10.4 Å². The van der Waals surface area contributed by atoms with Gasteiger partial charge < -0.3 is 20.5 Å². The van der Waals surface area contributed by atoms with E-state index in [1.807, 2.05) is 53.7 Å². The van der Waals surface area contributed by atoms with E-state index in [-0.39, 0.29) is 35.9 Å². The van der Waals surface area contributed by atoms with Crippen molar-refractivity contribution in [1.82, 2.24) is 10.6 Å². The van der Waals surface area contributed by atoms with Crippen LogP contribution in [0.2, 0.25) is 5.02 Å². The zero-order valence-electron chi connectivity index (χ0n) is 31.8. The summed E-state index contributed by atoms with van der Waals surface area (Å²) in [5.74, 6) is 0.372. The summed E-state index contributed by atoms with van der Waals surface area (Å²) >= 11 is 6.02. The van der Waals surface area contributed by atoms with Crippen LogP contribution in [0.15, 0.2) is 95.8 Å². The van der Waals surface area contributed by atoms with Crippen LogP contribution in [-0.2, 0) is 10.2 Å². The van der Waals surface area contributed by atoms with Gasteiger partial charge in [-0.05, 0) is 85.9 Å². The summed E-state index contributed by atoms with van der Waals surface area (Å²) in [5, 5.41) is 16.8. The van der Waals surface area contributed by atoms with Crippen molar-refractivity contribution >= 4 is 23.2 Å². The van der Waals surface area contributed by atoms with E-state index >= 15 is 0 Å². The van der Waals surface area contributed by atoms with E-state index in [1.54, 1.807) is 19.1 Å². The molecule has 0 saturated carbocycles. The highest BCUT2D eigenvalue weighted by atomic mass is 35.5. The minimum atomic E-state index is -0.757. The van der Waals surface area contributed by atoms with Gasteiger partial charge in [0.15, 0.2) is 0 Å². The summed E-state index contributed by atoms with van der Waals surface area (Å²) in [6.45, 7) is 34.6. The average molecular weight is 680 g/mol. The van der Waals surface area contributed by atoms with E-state index in [9.17, 15) is 9.90 Å². The number of ether oxygens (including phenoxy) is 1. The highest BCUT2D eigenvalue weighted by molar-refractivity contribution is 6.31. The van der Waals surface area contributed by atoms with Crippen molar-refractivity contribution in [3.8, 4) is 5.75 Å². The summed E-state index contributed by atoms with van der Waals surface area (Å²) in [4.78, 5) is 17.1. The van der Waals surface area contributed by atoms with Crippen LogP contribution >= 0.6 is 11.6 Å². The van der Waals surface area contributed by atoms with E-state index < -0.39 is 6.10 Å². The molecule has 1 unspecified atom stereocenters. The lowest BCUT2D eigenvalue weighted by molar-refractivity contribution is -0.116. The molecule has 266 valence electrons. The van der Waals surface area contributed by atoms with E-state index in [2.05, 4.69) is 101 Å². The molecular weight excluding hydrogens is 618 g/mol. The highest BCUT2D eigenvalue weighted by Crippen LogP contribution is 2.25. The van der Waals surface area contributed by atoms with Gasteiger partial charge in [0.05, 0.1) is 6.04 Å². The standard InChI is InChI=1S/C30H40ClN3O3.C9H16.C2H6/c1-19-15-27(13-14-28(19)31)37-18-26(35)17-32-21(3)22(4)34-29(36)16-20(2)33-23(5)24-9-11-25(12-10-24)30(6,7)8;1-6-8(7-2)9(3,4)5;1-2/h9-16,22,26,32,35H,3,17-18H2,1-2,4-8H3,(H,34,36);6-7H,1H2,2-5H3;1-2H3/b20-16+,33-23?;8-7+;/t22-,26?;;/m1../s1. The number of aliphatic imine (C=N–C) groups is 1. The molecule has 1 amide bonds. The third kappa shape index (κ3) is 17.0. The lowest BCUT2D eigenvalue weighted by Gasteiger charge is -2.20. The number of nitrogens with one attached hydrogen (secondary N) is 2. The molecule has 2 aromatic rings. The second-order valence-electron chi connectivity index (χ2n) is 13.5. The number of aliphatic hydroxyl groups is 1. The third-order valence-corrected chi connectivity index (χ3v) is 7.69. The van der Waals surface area contributed by atoms with Crippen molar-refractivity contribution in [2.75, 3.05) is 13.2 Å². The summed E-state index contributed by atoms with van der Waals surface area (Å²) in [7, 11) is 0. The van der Waals surface area contributed by atoms with Crippen LogP contribution in [0.1, 0.15) is 99.8 Å². The van der Waals surface area contributed by atoms with Crippen LogP contribution < -0.4 is 15.4 Å². The molecule has 6 nitrogen and oxygen atoms in total. The molecule has 0 saturated heterocycles. The van der Waals surface area contributed by atoms with E-state index in [0.29, 0.717) is 22.2 Å². The van der Waals surface area contributed by atoms with E-state index in [1.165, 1.54) is 17.2 Å². The van der Waals surface area contributed by atoms with Gasteiger partial charge >= 0.3 is 0 Å². The zero-order chi connectivity index (χ0) is 37.2. The molecule has 0 aliphatic rings. The van der Waals surface area contributed by atoms with Crippen LogP contribution in [0.25, 0.3) is 0 Å². The SMILES string of the molecule is C=C(NCC(O)COc1ccc(Cl)c(C)c1)[C@@H](C)NC(=O)/C=C(\C)N=C(C)c1ccc(C(C)(C)C)cc1.C=C/C(=C\C)C(C)(C)C.CC. The Labute approximate surface area is 297 Å². The predicted octanol–water partition coefficient (Wildman–Crippen LogP) is 9.90. The lowest BCUT2D eigenvalue weighted by atomic mass is 9.86. The predicted molar refractivity (Wildman–Crippen MR) is 208 cm³/mol. The maximum atomic E-state index is 12.5. The first-order chi connectivity index (χ1) is 22.3. The fourth-order valence-corrected chi connectivity index (χ4v) is 4.44. The van der Waals surface area contributed by atoms with Gasteiger partial charge in [-0.15, -0.1) is 0 Å². The summed E-state index contributed by atoms with van der Waals surface area (Å²) in [5.41, 5.74) is 6.87. The molecule has 48 heavy (non-hydrogen) atoms. The maximum absolute atomic E-state index is 12.5. The fraction of sp³-hybridized carbons (Fsp3) is 0.463. The first-order valence-corrected chi connectivity index (χ1v) is 17.1. The smallest absolute Gasteiger partial charge is 0.246 e. The van der Waals surface area contributed by atoms with Crippen molar-refractivity contribution in [3.63, 3.8) is 0 Å². The Morgan fingerprint density at radius 2 is 1.65 bits per heavy atom. The molecule has 0 aliphatic heterocycles. The number of aliphatic hydroxyl groups excluding tert-OH is 1. The molecule has 2 atom stereocenters. The number of amides is 1. The van der Waals surface area contributed by atoms with Crippen LogP contribution in [0.3, 0.4) is 0 Å². The van der Waals surface area contributed by atoms with Gasteiger partial charge in [0, 0.05) is 34.7 Å². The number of nitrogens with zero attached hydrogens (tertiary/aromatic N) is 1. The molecule has 0 aromatic heterocycles. The second-order valence-corrected chi connectivity index (χ2v) is 13.9. The Balaban J connectivity index is 0.00000173. The van der Waals surface area contributed by atoms with Crippen LogP contribution in [0, 0.1) is 12.3 Å². The van der Waals surface area contributed by atoms with Crippen LogP contribution in [0.5, 0.6) is 5.75 Å². The number of hydrogen-bond acceptors (Lipinski definition) is 5. The number of allylic oxidation sites excluding steroid dienone is 4. The number of rotatable bonds is 12. The molecule has 3 N–H and O–H groups in total. The Morgan fingerprint density at radius 1 is 1.06 bits per heavy atom. The number of halogens is 1. The molecule has 0 radical (unpaired) electrons. The number of hydrogen-bond donors (Lipinski definition) is 3. The van der Waals surface area contributed by atoms with Crippen molar-refractivity contribution in [1.29, 1.82) is 0 Å². The maximum Gasteiger partial charge on any atom is 0.246 e. The molecule has 2 rings (SSSR count). The number of carbonyl (C=O) groups is 1. The highest BCUT2D eigenvalue weighted by Gasteiger charge is 2.14. The number of aryl methyl sites for hydroxylation is 1. The topological polar surface area (TPSA) is 83.0 Å². The minimum absolute atomic E-state index is 0.0928. The molecular formula is C41H62ClN3O3.